The highest BCUT2D eigenvalue weighted by molar-refractivity contribution is 7.89. The van der Waals surface area contributed by atoms with Crippen LogP contribution in [0.3, 0.4) is 0 Å². The normalized spacial score (nSPS) is 16.3. The Labute approximate surface area is 347 Å². The van der Waals surface area contributed by atoms with Gasteiger partial charge in [-0.15, -0.1) is 0 Å². The third-order valence-electron chi connectivity index (χ3n) is 9.48. The molecule has 1 fully saturated rings. The lowest BCUT2D eigenvalue weighted by molar-refractivity contribution is -0.116. The molecular weight excluding hydrogens is 751 g/mol. The summed E-state index contributed by atoms with van der Waals surface area (Å²) in [5, 5.41) is 24.8. The van der Waals surface area contributed by atoms with Crippen LogP contribution in [0.15, 0.2) is 132 Å². The molecule has 0 aliphatic carbocycles. The van der Waals surface area contributed by atoms with Gasteiger partial charge in [0.25, 0.3) is 0 Å². The number of aliphatic hydroxyl groups is 1. The Morgan fingerprint density at radius 1 is 0.810 bits per heavy atom. The molecule has 58 heavy (non-hydrogen) atoms. The summed E-state index contributed by atoms with van der Waals surface area (Å²) in [7, 11) is -4.10. The molecule has 3 N–H and O–H groups in total. The van der Waals surface area contributed by atoms with Gasteiger partial charge in [0.15, 0.2) is 0 Å². The molecule has 0 aromatic heterocycles. The SMILES string of the molecule is CC/C=C\C/C=C\C/C=C\C/C=C\C/C=C\C/C=C\CCC(=O)Nc1ccc(S(=O)(=O)N(CC(C)C)C[C@@H](O)[C@H](Cc2ccccc2)N(C(=O)O)[C@H]2CCOC2)cc1. The third kappa shape index (κ3) is 17.9. The molecule has 1 saturated heterocycles. The molecule has 0 bridgehead atoms. The second-order valence-corrected chi connectivity index (χ2v) is 16.7. The molecule has 2 aromatic carbocycles. The van der Waals surface area contributed by atoms with E-state index in [1.165, 1.54) is 21.3 Å². The molecule has 316 valence electrons. The van der Waals surface area contributed by atoms with Crippen LogP contribution < -0.4 is 5.32 Å². The third-order valence-corrected chi connectivity index (χ3v) is 11.3. The van der Waals surface area contributed by atoms with E-state index in [4.69, 9.17) is 4.74 Å². The average Bonchev–Trinajstić information content (AvgIpc) is 3.73. The highest BCUT2D eigenvalue weighted by Crippen LogP contribution is 2.25. The Bertz CT molecular complexity index is 1780. The Morgan fingerprint density at radius 3 is 1.86 bits per heavy atom. The van der Waals surface area contributed by atoms with Crippen molar-refractivity contribution >= 4 is 27.7 Å². The summed E-state index contributed by atoms with van der Waals surface area (Å²) < 4.78 is 34.8. The predicted molar refractivity (Wildman–Crippen MR) is 235 cm³/mol. The molecule has 0 spiro atoms. The van der Waals surface area contributed by atoms with Gasteiger partial charge in [0.05, 0.1) is 29.7 Å². The zero-order valence-corrected chi connectivity index (χ0v) is 35.4. The van der Waals surface area contributed by atoms with E-state index in [9.17, 15) is 28.2 Å². The van der Waals surface area contributed by atoms with Crippen LogP contribution >= 0.6 is 0 Å². The van der Waals surface area contributed by atoms with Crippen molar-refractivity contribution in [2.75, 3.05) is 31.6 Å². The monoisotopic (exact) mass is 815 g/mol. The molecule has 1 aliphatic rings. The molecule has 3 atom stereocenters. The molecule has 10 nitrogen and oxygen atoms in total. The Kier molecular flexibility index (Phi) is 22.4. The number of carboxylic acid groups (broad SMARTS) is 1. The maximum Gasteiger partial charge on any atom is 0.407 e. The smallest absolute Gasteiger partial charge is 0.407 e. The van der Waals surface area contributed by atoms with Crippen molar-refractivity contribution in [3.05, 3.63) is 133 Å². The van der Waals surface area contributed by atoms with Crippen molar-refractivity contribution in [1.82, 2.24) is 9.21 Å². The fourth-order valence-corrected chi connectivity index (χ4v) is 8.15. The Hall–Kier alpha value is -4.55. The number of benzene rings is 2. The van der Waals surface area contributed by atoms with Gasteiger partial charge in [-0.25, -0.2) is 13.2 Å². The van der Waals surface area contributed by atoms with E-state index in [2.05, 4.69) is 73.0 Å². The zero-order valence-electron chi connectivity index (χ0n) is 34.6. The average molecular weight is 816 g/mol. The van der Waals surface area contributed by atoms with Crippen LogP contribution in [-0.2, 0) is 26.0 Å². The first-order chi connectivity index (χ1) is 28.0. The first-order valence-electron chi connectivity index (χ1n) is 20.6. The standard InChI is InChI=1S/C47H65N3O7S/c1-4-5-6-7-8-9-10-11-12-13-14-15-16-17-18-19-20-21-25-28-46(52)48-41-29-31-43(32-30-41)58(55,56)49(36-39(2)3)37-45(51)44(35-40-26-23-22-24-27-40)50(47(53)54)42-33-34-57-38-42/h5-6,8-9,11-12,14-15,17-18,20-24,26-27,29-32,39,42,44-45,51H,4,7,10,13,16,19,25,28,33-38H2,1-3H3,(H,48,52)(H,53,54)/b6-5-,9-8-,12-11-,15-14-,18-17-,21-20-/t42-,44-,45+/m0/s1. The van der Waals surface area contributed by atoms with Gasteiger partial charge in [-0.1, -0.05) is 124 Å². The summed E-state index contributed by atoms with van der Waals surface area (Å²) in [6.07, 6.45) is 30.3. The van der Waals surface area contributed by atoms with Crippen molar-refractivity contribution < 1.29 is 33.0 Å². The van der Waals surface area contributed by atoms with Gasteiger partial charge in [0, 0.05) is 31.8 Å². The number of carbonyl (C=O) groups is 2. The second kappa shape index (κ2) is 27.2. The van der Waals surface area contributed by atoms with Crippen LogP contribution in [0, 0.1) is 5.92 Å². The molecule has 2 aromatic rings. The highest BCUT2D eigenvalue weighted by atomic mass is 32.2. The van der Waals surface area contributed by atoms with Crippen LogP contribution in [0.2, 0.25) is 0 Å². The van der Waals surface area contributed by atoms with E-state index in [1.54, 1.807) is 12.1 Å². The lowest BCUT2D eigenvalue weighted by Gasteiger charge is -2.38. The van der Waals surface area contributed by atoms with Gasteiger partial charge >= 0.3 is 6.09 Å². The summed E-state index contributed by atoms with van der Waals surface area (Å²) in [5.41, 5.74) is 1.30. The minimum Gasteiger partial charge on any atom is -0.465 e. The molecule has 3 rings (SSSR count). The summed E-state index contributed by atoms with van der Waals surface area (Å²) in [4.78, 5) is 26.5. The topological polar surface area (TPSA) is 136 Å². The molecule has 0 unspecified atom stereocenters. The van der Waals surface area contributed by atoms with Gasteiger partial charge in [-0.2, -0.15) is 4.31 Å². The lowest BCUT2D eigenvalue weighted by atomic mass is 9.97. The predicted octanol–water partition coefficient (Wildman–Crippen LogP) is 9.49. The van der Waals surface area contributed by atoms with Crippen LogP contribution in [0.25, 0.3) is 0 Å². The molecular formula is C47H65N3O7S. The summed E-state index contributed by atoms with van der Waals surface area (Å²) >= 11 is 0. The largest absolute Gasteiger partial charge is 0.465 e. The number of hydrogen-bond donors (Lipinski definition) is 3. The van der Waals surface area contributed by atoms with Crippen molar-refractivity contribution in [2.45, 2.75) is 108 Å². The molecule has 1 heterocycles. The van der Waals surface area contributed by atoms with Crippen LogP contribution in [0.5, 0.6) is 0 Å². The maximum absolute atomic E-state index is 14.0. The molecule has 0 saturated carbocycles. The fourth-order valence-electron chi connectivity index (χ4n) is 6.53. The number of nitrogens with one attached hydrogen (secondary N) is 1. The quantitative estimate of drug-likeness (QED) is 0.0805. The number of amides is 2. The van der Waals surface area contributed by atoms with Crippen molar-refractivity contribution in [2.24, 2.45) is 5.92 Å². The first kappa shape index (κ1) is 47.8. The summed E-state index contributed by atoms with van der Waals surface area (Å²) in [6, 6.07) is 13.9. The van der Waals surface area contributed by atoms with Gasteiger partial charge in [-0.05, 0) is 93.5 Å². The molecule has 0 radical (unpaired) electrons. The Balaban J connectivity index is 1.49. The lowest BCUT2D eigenvalue weighted by Crippen LogP contribution is -2.56. The maximum atomic E-state index is 14.0. The summed E-state index contributed by atoms with van der Waals surface area (Å²) in [5.74, 6) is -0.257. The zero-order chi connectivity index (χ0) is 42.0. The first-order valence-corrected chi connectivity index (χ1v) is 22.1. The number of sulfonamides is 1. The van der Waals surface area contributed by atoms with E-state index < -0.39 is 34.3 Å². The number of rotatable bonds is 26. The molecule has 2 amide bonds. The van der Waals surface area contributed by atoms with E-state index in [0.29, 0.717) is 25.1 Å². The van der Waals surface area contributed by atoms with E-state index in [-0.39, 0.29) is 49.3 Å². The van der Waals surface area contributed by atoms with Crippen molar-refractivity contribution in [3.8, 4) is 0 Å². The molecule has 11 heteroatoms. The van der Waals surface area contributed by atoms with Crippen LogP contribution in [0.4, 0.5) is 10.5 Å². The van der Waals surface area contributed by atoms with Crippen molar-refractivity contribution in [3.63, 3.8) is 0 Å². The van der Waals surface area contributed by atoms with Crippen molar-refractivity contribution in [1.29, 1.82) is 0 Å². The van der Waals surface area contributed by atoms with Crippen LogP contribution in [-0.4, -0.2) is 84.3 Å². The minimum atomic E-state index is -4.10. The van der Waals surface area contributed by atoms with Gasteiger partial charge in [0.1, 0.15) is 0 Å². The summed E-state index contributed by atoms with van der Waals surface area (Å²) in [6.45, 7) is 6.34. The number of ether oxygens (including phenoxy) is 1. The van der Waals surface area contributed by atoms with Gasteiger partial charge < -0.3 is 20.3 Å². The highest BCUT2D eigenvalue weighted by Gasteiger charge is 2.39. The number of aliphatic hydroxyl groups excluding tert-OH is 1. The minimum absolute atomic E-state index is 0.00946. The van der Waals surface area contributed by atoms with E-state index in [0.717, 1.165) is 44.1 Å². The van der Waals surface area contributed by atoms with E-state index in [1.807, 2.05) is 56.3 Å². The van der Waals surface area contributed by atoms with Gasteiger partial charge in [0.2, 0.25) is 15.9 Å². The number of nitrogens with zero attached hydrogens (tertiary/aromatic N) is 2. The number of carbonyl (C=O) groups excluding carboxylic acids is 1. The Morgan fingerprint density at radius 2 is 1.36 bits per heavy atom. The van der Waals surface area contributed by atoms with Gasteiger partial charge in [-0.3, -0.25) is 9.69 Å². The molecule has 1 aliphatic heterocycles. The number of anilines is 1. The fraction of sp³-hybridized carbons (Fsp3) is 0.447. The van der Waals surface area contributed by atoms with Crippen LogP contribution in [0.1, 0.15) is 84.1 Å². The van der Waals surface area contributed by atoms with E-state index >= 15 is 0 Å². The number of allylic oxidation sites excluding steroid dienone is 12. The number of hydrogen-bond acceptors (Lipinski definition) is 6. The second-order valence-electron chi connectivity index (χ2n) is 14.8.